The molecule has 0 atom stereocenters. The highest BCUT2D eigenvalue weighted by molar-refractivity contribution is 5.36. The molecule has 0 bridgehead atoms. The molecule has 1 aliphatic heterocycles. The Bertz CT molecular complexity index is 419. The van der Waals surface area contributed by atoms with Crippen molar-refractivity contribution >= 4 is 0 Å². The first-order chi connectivity index (χ1) is 10.7. The van der Waals surface area contributed by atoms with Crippen molar-refractivity contribution in [2.24, 2.45) is 0 Å². The minimum atomic E-state index is 0. The van der Waals surface area contributed by atoms with Gasteiger partial charge in [0.25, 0.3) is 0 Å². The smallest absolute Gasteiger partial charge is 0.0466 e. The Labute approximate surface area is 156 Å². The first kappa shape index (κ1) is 29.4. The Kier molecular flexibility index (Phi) is 47.2. The minimum Gasteiger partial charge on any atom is -1.00 e. The molecule has 1 saturated heterocycles. The third-order valence-corrected chi connectivity index (χ3v) is 2.01. The highest BCUT2D eigenvalue weighted by atomic mass is 79.9. The van der Waals surface area contributed by atoms with E-state index in [4.69, 9.17) is 11.2 Å². The molecule has 1 fully saturated rings. The van der Waals surface area contributed by atoms with Gasteiger partial charge in [-0.3, -0.25) is 0 Å². The van der Waals surface area contributed by atoms with Gasteiger partial charge in [0, 0.05) is 13.2 Å². The van der Waals surface area contributed by atoms with E-state index in [9.17, 15) is 0 Å². The molecule has 23 heavy (non-hydrogen) atoms. The lowest BCUT2D eigenvalue weighted by molar-refractivity contribution is -0.00000541. The van der Waals surface area contributed by atoms with Crippen molar-refractivity contribution in [1.82, 2.24) is 0 Å². The zero-order chi connectivity index (χ0) is 17.3. The van der Waals surface area contributed by atoms with Crippen LogP contribution in [0, 0.1) is 36.0 Å². The molecular weight excluding hydrogens is 348 g/mol. The molecule has 130 valence electrons. The molecule has 1 aliphatic rings. The molecule has 0 aromatic carbocycles. The molecule has 1 rings (SSSR count). The Morgan fingerprint density at radius 1 is 0.783 bits per heavy atom. The zero-order valence-electron chi connectivity index (χ0n) is 16.2. The molecule has 0 radical (unpaired) electrons. The van der Waals surface area contributed by atoms with Gasteiger partial charge < -0.3 is 23.1 Å². The molecule has 0 N–H and O–H groups in total. The molecule has 0 aromatic rings. The largest absolute Gasteiger partial charge is 1.00 e. The van der Waals surface area contributed by atoms with Crippen LogP contribution < -0.4 is 17.0 Å². The van der Waals surface area contributed by atoms with Gasteiger partial charge in [0.2, 0.25) is 0 Å². The Hall–Kier alpha value is -1.66. The van der Waals surface area contributed by atoms with Gasteiger partial charge in [-0.2, -0.15) is 0 Å². The van der Waals surface area contributed by atoms with Gasteiger partial charge in [-0.25, -0.2) is 0 Å². The van der Waals surface area contributed by atoms with Crippen LogP contribution in [0.3, 0.4) is 0 Å². The lowest BCUT2D eigenvalue weighted by atomic mass is 10.4. The topological polar surface area (TPSA) is 9.23 Å². The lowest BCUT2D eigenvalue weighted by Gasteiger charge is -1.76. The summed E-state index contributed by atoms with van der Waals surface area (Å²) >= 11 is 0. The fraction of sp³-hybridized carbons (Fsp3) is 0.429. The van der Waals surface area contributed by atoms with Gasteiger partial charge in [0.1, 0.15) is 0 Å². The lowest BCUT2D eigenvalue weighted by Crippen LogP contribution is -3.00. The van der Waals surface area contributed by atoms with E-state index in [1.54, 1.807) is 6.08 Å². The molecule has 0 amide bonds. The quantitative estimate of drug-likeness (QED) is 0.464. The highest BCUT2D eigenvalue weighted by Gasteiger charge is 1.94. The van der Waals surface area contributed by atoms with Crippen LogP contribution in [0.5, 0.6) is 0 Å². The summed E-state index contributed by atoms with van der Waals surface area (Å²) in [5, 5.41) is 0. The van der Waals surface area contributed by atoms with E-state index >= 15 is 0 Å². The van der Waals surface area contributed by atoms with E-state index < -0.39 is 0 Å². The maximum absolute atomic E-state index is 4.94. The fourth-order valence-corrected chi connectivity index (χ4v) is 0.739. The third kappa shape index (κ3) is 53.2. The predicted octanol–water partition coefficient (Wildman–Crippen LogP) is 2.28. The minimum absolute atomic E-state index is 0. The van der Waals surface area contributed by atoms with E-state index in [1.807, 2.05) is 65.0 Å². The molecule has 0 saturated carbocycles. The number of hydrogen-bond acceptors (Lipinski definition) is 1. The summed E-state index contributed by atoms with van der Waals surface area (Å²) in [5.41, 5.74) is 0. The number of halogens is 1. The van der Waals surface area contributed by atoms with E-state index in [0.717, 1.165) is 13.2 Å². The first-order valence-corrected chi connectivity index (χ1v) is 7.54. The Morgan fingerprint density at radius 2 is 1.26 bits per heavy atom. The first-order valence-electron chi connectivity index (χ1n) is 7.54. The fourth-order valence-electron chi connectivity index (χ4n) is 0.739. The summed E-state index contributed by atoms with van der Waals surface area (Å²) in [6, 6.07) is 0. The summed E-state index contributed by atoms with van der Waals surface area (Å²) in [4.78, 5) is 0. The second-order valence-electron chi connectivity index (χ2n) is 3.82. The van der Waals surface area contributed by atoms with Gasteiger partial charge in [0.05, 0.1) is 0 Å². The van der Waals surface area contributed by atoms with Crippen LogP contribution in [0.1, 0.15) is 48.9 Å². The van der Waals surface area contributed by atoms with Crippen molar-refractivity contribution in [3.05, 3.63) is 36.5 Å². The average molecular weight is 379 g/mol. The van der Waals surface area contributed by atoms with Crippen LogP contribution >= 0.6 is 0 Å². The van der Waals surface area contributed by atoms with Crippen LogP contribution in [0.2, 0.25) is 0 Å². The number of terminal acetylenes is 1. The second-order valence-corrected chi connectivity index (χ2v) is 3.82. The number of ether oxygens (including phenoxy) is 1. The Balaban J connectivity index is -0.0000000694. The summed E-state index contributed by atoms with van der Waals surface area (Å²) in [7, 11) is 0. The number of allylic oxidation sites excluding steroid dienone is 6. The third-order valence-electron chi connectivity index (χ3n) is 2.01. The Morgan fingerprint density at radius 3 is 1.52 bits per heavy atom. The van der Waals surface area contributed by atoms with Crippen molar-refractivity contribution < 1.29 is 23.1 Å². The molecular formula is C21H31BrO-2. The van der Waals surface area contributed by atoms with Gasteiger partial charge >= 0.3 is 0 Å². The average Bonchev–Trinajstić information content (AvgIpc) is 3.15. The van der Waals surface area contributed by atoms with E-state index in [1.165, 1.54) is 12.8 Å². The van der Waals surface area contributed by atoms with E-state index in [-0.39, 0.29) is 18.4 Å². The molecule has 0 unspecified atom stereocenters. The van der Waals surface area contributed by atoms with E-state index in [0.29, 0.717) is 0 Å². The summed E-state index contributed by atoms with van der Waals surface area (Å²) < 4.78 is 4.94. The molecule has 1 nitrogen and oxygen atoms in total. The van der Waals surface area contributed by atoms with Crippen molar-refractivity contribution in [3.63, 3.8) is 0 Å². The molecule has 0 spiro atoms. The van der Waals surface area contributed by atoms with Crippen LogP contribution in [0.25, 0.3) is 0 Å². The molecule has 0 aromatic heterocycles. The van der Waals surface area contributed by atoms with Crippen molar-refractivity contribution in [2.75, 3.05) is 13.2 Å². The van der Waals surface area contributed by atoms with Gasteiger partial charge in [-0.05, 0) is 77.2 Å². The SMILES string of the molecule is C#CC#CC#CC=CC.C1CCOC1.CC=CC.CC=CC.[Br-].[H-]. The highest BCUT2D eigenvalue weighted by Crippen LogP contribution is 1.98. The summed E-state index contributed by atoms with van der Waals surface area (Å²) in [5.74, 6) is 12.2. The molecule has 0 aliphatic carbocycles. The van der Waals surface area contributed by atoms with E-state index in [2.05, 4.69) is 29.6 Å². The number of hydrogen-bond donors (Lipinski definition) is 0. The summed E-state index contributed by atoms with van der Waals surface area (Å²) in [6.45, 7) is 11.9. The van der Waals surface area contributed by atoms with Gasteiger partial charge in [0.15, 0.2) is 0 Å². The van der Waals surface area contributed by atoms with Crippen LogP contribution in [-0.2, 0) is 4.74 Å². The van der Waals surface area contributed by atoms with Gasteiger partial charge in [-0.15, -0.1) is 6.42 Å². The van der Waals surface area contributed by atoms with Crippen molar-refractivity contribution in [1.29, 1.82) is 0 Å². The van der Waals surface area contributed by atoms with Crippen molar-refractivity contribution in [3.8, 4) is 36.0 Å². The molecule has 2 heteroatoms. The van der Waals surface area contributed by atoms with Crippen molar-refractivity contribution in [2.45, 2.75) is 47.5 Å². The normalized spacial score (nSPS) is 11.0. The summed E-state index contributed by atoms with van der Waals surface area (Å²) in [6.07, 6.45) is 18.9. The standard InChI is InChI=1S/C9H6.C4H8O.2C4H8.BrH.H/c1-3-5-7-9-8-6-4-2;1-2-4-5-3-1;2*1-3-4-2;;/h1,4,6H,2H3;1-4H2;2*3-4H,1-2H3;1H;/q;;;;;-1/p-1. The van der Waals surface area contributed by atoms with Crippen LogP contribution in [0.15, 0.2) is 36.5 Å². The van der Waals surface area contributed by atoms with Gasteiger partial charge in [-0.1, -0.05) is 36.3 Å². The van der Waals surface area contributed by atoms with Crippen LogP contribution in [0.4, 0.5) is 0 Å². The predicted molar refractivity (Wildman–Crippen MR) is 101 cm³/mol. The number of rotatable bonds is 0. The molecule has 1 heterocycles. The zero-order valence-corrected chi connectivity index (χ0v) is 16.7. The maximum Gasteiger partial charge on any atom is 0.0466 e. The maximum atomic E-state index is 4.94. The van der Waals surface area contributed by atoms with Crippen LogP contribution in [-0.4, -0.2) is 13.2 Å². The monoisotopic (exact) mass is 378 g/mol. The second kappa shape index (κ2) is 37.0.